The van der Waals surface area contributed by atoms with Crippen LogP contribution in [0.3, 0.4) is 0 Å². The predicted octanol–water partition coefficient (Wildman–Crippen LogP) is 2.48. The molecule has 4 nitrogen and oxygen atoms in total. The van der Waals surface area contributed by atoms with Crippen LogP contribution in [0.25, 0.3) is 0 Å². The average molecular weight is 317 g/mol. The zero-order valence-electron chi connectivity index (χ0n) is 12.1. The Bertz CT molecular complexity index is 547. The molecule has 20 heavy (non-hydrogen) atoms. The van der Waals surface area contributed by atoms with Gasteiger partial charge in [-0.3, -0.25) is 0 Å². The van der Waals surface area contributed by atoms with Crippen molar-refractivity contribution in [2.75, 3.05) is 19.7 Å². The summed E-state index contributed by atoms with van der Waals surface area (Å²) >= 11 is 1.28. The minimum Gasteiger partial charge on any atom is -0.396 e. The van der Waals surface area contributed by atoms with E-state index in [2.05, 4.69) is 13.8 Å². The fourth-order valence-corrected chi connectivity index (χ4v) is 5.85. The van der Waals surface area contributed by atoms with Gasteiger partial charge in [0.05, 0.1) is 0 Å². The molecule has 6 heteroatoms. The normalized spacial score (nSPS) is 19.6. The van der Waals surface area contributed by atoms with Crippen molar-refractivity contribution in [2.45, 2.75) is 43.7 Å². The zero-order valence-corrected chi connectivity index (χ0v) is 13.8. The summed E-state index contributed by atoms with van der Waals surface area (Å²) < 4.78 is 27.3. The summed E-state index contributed by atoms with van der Waals surface area (Å²) in [7, 11) is -3.36. The van der Waals surface area contributed by atoms with Gasteiger partial charge in [-0.25, -0.2) is 8.42 Å². The molecule has 1 fully saturated rings. The third-order valence-electron chi connectivity index (χ3n) is 4.49. The number of aliphatic hydroxyl groups excluding tert-OH is 1. The van der Waals surface area contributed by atoms with Crippen LogP contribution in [0.15, 0.2) is 16.3 Å². The molecule has 0 amide bonds. The van der Waals surface area contributed by atoms with Gasteiger partial charge in [0.25, 0.3) is 10.0 Å². The highest BCUT2D eigenvalue weighted by Gasteiger charge is 2.40. The minimum absolute atomic E-state index is 0.0541. The predicted molar refractivity (Wildman–Crippen MR) is 81.5 cm³/mol. The Hall–Kier alpha value is -0.430. The van der Waals surface area contributed by atoms with Crippen molar-refractivity contribution in [1.82, 2.24) is 4.31 Å². The molecule has 0 unspecified atom stereocenters. The highest BCUT2D eigenvalue weighted by molar-refractivity contribution is 7.91. The Balaban J connectivity index is 2.19. The van der Waals surface area contributed by atoms with E-state index in [0.717, 1.165) is 24.1 Å². The molecule has 0 aromatic carbocycles. The topological polar surface area (TPSA) is 57.6 Å². The molecule has 1 aliphatic rings. The molecule has 114 valence electrons. The Morgan fingerprint density at radius 2 is 2.05 bits per heavy atom. The number of rotatable bonds is 6. The van der Waals surface area contributed by atoms with Crippen LogP contribution in [0.5, 0.6) is 0 Å². The molecule has 1 aromatic rings. The van der Waals surface area contributed by atoms with Crippen LogP contribution in [0.4, 0.5) is 0 Å². The Kier molecular flexibility index (Phi) is 4.89. The van der Waals surface area contributed by atoms with Gasteiger partial charge in [-0.15, -0.1) is 11.3 Å². The van der Waals surface area contributed by atoms with E-state index in [0.29, 0.717) is 23.7 Å². The average Bonchev–Trinajstić information content (AvgIpc) is 3.06. The molecule has 2 rings (SSSR count). The van der Waals surface area contributed by atoms with E-state index in [9.17, 15) is 8.42 Å². The molecule has 0 bridgehead atoms. The highest BCUT2D eigenvalue weighted by Crippen LogP contribution is 2.40. The second kappa shape index (κ2) is 6.13. The number of thiophene rings is 1. The molecule has 1 N–H and O–H groups in total. The van der Waals surface area contributed by atoms with Crippen LogP contribution < -0.4 is 0 Å². The van der Waals surface area contributed by atoms with Gasteiger partial charge >= 0.3 is 0 Å². The third kappa shape index (κ3) is 2.93. The molecule has 0 spiro atoms. The smallest absolute Gasteiger partial charge is 0.252 e. The van der Waals surface area contributed by atoms with Crippen LogP contribution in [-0.4, -0.2) is 37.5 Å². The molecule has 1 aliphatic heterocycles. The first kappa shape index (κ1) is 15.9. The summed E-state index contributed by atoms with van der Waals surface area (Å²) in [5.41, 5.74) is 0.151. The van der Waals surface area contributed by atoms with Crippen molar-refractivity contribution in [2.24, 2.45) is 5.41 Å². The maximum atomic E-state index is 12.6. The lowest BCUT2D eigenvalue weighted by Crippen LogP contribution is -2.31. The molecule has 1 saturated heterocycles. The van der Waals surface area contributed by atoms with Crippen LogP contribution in [0.1, 0.15) is 38.0 Å². The first-order chi connectivity index (χ1) is 9.47. The number of hydrogen-bond acceptors (Lipinski definition) is 4. The van der Waals surface area contributed by atoms with Crippen molar-refractivity contribution < 1.29 is 13.5 Å². The van der Waals surface area contributed by atoms with Crippen molar-refractivity contribution in [3.05, 3.63) is 17.0 Å². The number of hydrogen-bond donors (Lipinski definition) is 1. The summed E-state index contributed by atoms with van der Waals surface area (Å²) in [6.45, 7) is 5.60. The lowest BCUT2D eigenvalue weighted by atomic mass is 9.82. The van der Waals surface area contributed by atoms with Crippen molar-refractivity contribution in [3.8, 4) is 0 Å². The summed E-state index contributed by atoms with van der Waals surface area (Å²) in [6, 6.07) is 3.47. The molecular weight excluding hydrogens is 294 g/mol. The summed E-state index contributed by atoms with van der Waals surface area (Å²) in [5.74, 6) is 0. The van der Waals surface area contributed by atoms with Crippen LogP contribution >= 0.6 is 11.3 Å². The van der Waals surface area contributed by atoms with Gasteiger partial charge < -0.3 is 5.11 Å². The quantitative estimate of drug-likeness (QED) is 0.877. The third-order valence-corrected chi connectivity index (χ3v) is 7.95. The van der Waals surface area contributed by atoms with Crippen LogP contribution in [0.2, 0.25) is 0 Å². The second-order valence-corrected chi connectivity index (χ2v) is 8.82. The number of nitrogens with zero attached hydrogens (tertiary/aromatic N) is 1. The standard InChI is InChI=1S/C14H23NO3S2/c1-3-14(4-2)8-9-15(11-14)20(17,18)13-6-5-12(19-13)7-10-16/h5-6,16H,3-4,7-11H2,1-2H3. The maximum Gasteiger partial charge on any atom is 0.252 e. The number of aliphatic hydroxyl groups is 1. The van der Waals surface area contributed by atoms with Gasteiger partial charge in [-0.2, -0.15) is 4.31 Å². The van der Waals surface area contributed by atoms with E-state index >= 15 is 0 Å². The molecular formula is C14H23NO3S2. The van der Waals surface area contributed by atoms with E-state index in [-0.39, 0.29) is 12.0 Å². The van der Waals surface area contributed by atoms with Gasteiger partial charge in [-0.05, 0) is 36.8 Å². The first-order valence-corrected chi connectivity index (χ1v) is 9.43. The Morgan fingerprint density at radius 3 is 2.60 bits per heavy atom. The van der Waals surface area contributed by atoms with Gasteiger partial charge in [0, 0.05) is 31.0 Å². The van der Waals surface area contributed by atoms with Gasteiger partial charge in [0.1, 0.15) is 4.21 Å². The van der Waals surface area contributed by atoms with Gasteiger partial charge in [0.2, 0.25) is 0 Å². The molecule has 0 aliphatic carbocycles. The summed E-state index contributed by atoms with van der Waals surface area (Å²) in [5, 5.41) is 8.92. The van der Waals surface area contributed by atoms with E-state index in [1.165, 1.54) is 11.3 Å². The van der Waals surface area contributed by atoms with Crippen molar-refractivity contribution in [1.29, 1.82) is 0 Å². The lowest BCUT2D eigenvalue weighted by Gasteiger charge is -2.26. The van der Waals surface area contributed by atoms with Crippen molar-refractivity contribution >= 4 is 21.4 Å². The van der Waals surface area contributed by atoms with Crippen LogP contribution in [0, 0.1) is 5.41 Å². The highest BCUT2D eigenvalue weighted by atomic mass is 32.2. The Labute approximate surface area is 125 Å². The summed E-state index contributed by atoms with van der Waals surface area (Å²) in [6.07, 6.45) is 3.52. The fourth-order valence-electron chi connectivity index (χ4n) is 2.80. The first-order valence-electron chi connectivity index (χ1n) is 7.17. The molecule has 0 atom stereocenters. The maximum absolute atomic E-state index is 12.6. The van der Waals surface area contributed by atoms with Gasteiger partial charge in [0.15, 0.2) is 0 Å². The monoisotopic (exact) mass is 317 g/mol. The van der Waals surface area contributed by atoms with E-state index in [1.54, 1.807) is 16.4 Å². The summed E-state index contributed by atoms with van der Waals surface area (Å²) in [4.78, 5) is 0.919. The molecule has 0 saturated carbocycles. The van der Waals surface area contributed by atoms with E-state index in [4.69, 9.17) is 5.11 Å². The van der Waals surface area contributed by atoms with Gasteiger partial charge in [-0.1, -0.05) is 13.8 Å². The largest absolute Gasteiger partial charge is 0.396 e. The fraction of sp³-hybridized carbons (Fsp3) is 0.714. The minimum atomic E-state index is -3.36. The SMILES string of the molecule is CCC1(CC)CCN(S(=O)(=O)c2ccc(CCO)s2)C1. The van der Waals surface area contributed by atoms with E-state index in [1.807, 2.05) is 0 Å². The molecule has 0 radical (unpaired) electrons. The Morgan fingerprint density at radius 1 is 1.35 bits per heavy atom. The second-order valence-electron chi connectivity index (χ2n) is 5.49. The zero-order chi connectivity index (χ0) is 14.8. The number of sulfonamides is 1. The van der Waals surface area contributed by atoms with Crippen molar-refractivity contribution in [3.63, 3.8) is 0 Å². The van der Waals surface area contributed by atoms with Crippen LogP contribution in [-0.2, 0) is 16.4 Å². The molecule has 1 aromatic heterocycles. The lowest BCUT2D eigenvalue weighted by molar-refractivity contribution is 0.280. The molecule has 2 heterocycles. The van der Waals surface area contributed by atoms with E-state index < -0.39 is 10.0 Å².